The molecule has 0 aliphatic rings. The van der Waals surface area contributed by atoms with E-state index in [9.17, 15) is 9.59 Å². The summed E-state index contributed by atoms with van der Waals surface area (Å²) in [5, 5.41) is 6.83. The van der Waals surface area contributed by atoms with Gasteiger partial charge in [-0.1, -0.05) is 18.2 Å². The predicted molar refractivity (Wildman–Crippen MR) is 87.9 cm³/mol. The van der Waals surface area contributed by atoms with Crippen molar-refractivity contribution in [2.45, 2.75) is 24.3 Å². The molecule has 1 amide bonds. The maximum Gasteiger partial charge on any atom is 0.266 e. The number of carbonyl (C=O) groups excluding carboxylic acids is 1. The van der Waals surface area contributed by atoms with Crippen LogP contribution < -0.4 is 10.9 Å². The monoisotopic (exact) mass is 317 g/mol. The van der Waals surface area contributed by atoms with Crippen LogP contribution in [0.5, 0.6) is 0 Å². The fraction of sp³-hybridized carbons (Fsp3) is 0.312. The Hall–Kier alpha value is -2.08. The van der Waals surface area contributed by atoms with E-state index in [1.807, 2.05) is 30.3 Å². The Bertz CT molecular complexity index is 643. The lowest BCUT2D eigenvalue weighted by atomic mass is 10.4. The molecule has 2 rings (SSSR count). The molecule has 5 nitrogen and oxygen atoms in total. The van der Waals surface area contributed by atoms with Crippen molar-refractivity contribution < 1.29 is 4.79 Å². The summed E-state index contributed by atoms with van der Waals surface area (Å²) in [6.07, 6.45) is 2.76. The van der Waals surface area contributed by atoms with Gasteiger partial charge in [-0.05, 0) is 24.6 Å². The molecule has 6 heteroatoms. The number of thioether (sulfide) groups is 1. The first-order valence-electron chi connectivity index (χ1n) is 7.22. The van der Waals surface area contributed by atoms with Gasteiger partial charge in [0.15, 0.2) is 0 Å². The summed E-state index contributed by atoms with van der Waals surface area (Å²) >= 11 is 1.67. The van der Waals surface area contributed by atoms with E-state index in [0.29, 0.717) is 25.9 Å². The predicted octanol–water partition coefficient (Wildman–Crippen LogP) is 1.93. The van der Waals surface area contributed by atoms with Crippen molar-refractivity contribution in [3.8, 4) is 0 Å². The van der Waals surface area contributed by atoms with Crippen molar-refractivity contribution in [2.24, 2.45) is 0 Å². The number of nitrogens with one attached hydrogen (secondary N) is 1. The Labute approximate surface area is 133 Å². The van der Waals surface area contributed by atoms with Gasteiger partial charge in [0.1, 0.15) is 0 Å². The summed E-state index contributed by atoms with van der Waals surface area (Å²) in [7, 11) is 0. The third-order valence-corrected chi connectivity index (χ3v) is 4.01. The van der Waals surface area contributed by atoms with Crippen LogP contribution in [0.1, 0.15) is 12.8 Å². The molecule has 0 spiro atoms. The van der Waals surface area contributed by atoms with Gasteiger partial charge >= 0.3 is 0 Å². The van der Waals surface area contributed by atoms with Crippen molar-refractivity contribution in [2.75, 3.05) is 12.3 Å². The number of hydrogen-bond acceptors (Lipinski definition) is 4. The van der Waals surface area contributed by atoms with Crippen molar-refractivity contribution in [1.29, 1.82) is 0 Å². The van der Waals surface area contributed by atoms with Crippen molar-refractivity contribution in [1.82, 2.24) is 15.1 Å². The summed E-state index contributed by atoms with van der Waals surface area (Å²) in [4.78, 5) is 24.3. The minimum absolute atomic E-state index is 0.0387. The Morgan fingerprint density at radius 2 is 2.00 bits per heavy atom. The molecule has 116 valence electrons. The Morgan fingerprint density at radius 3 is 2.77 bits per heavy atom. The zero-order valence-corrected chi connectivity index (χ0v) is 13.1. The van der Waals surface area contributed by atoms with E-state index in [1.165, 1.54) is 15.6 Å². The van der Waals surface area contributed by atoms with E-state index in [-0.39, 0.29) is 11.5 Å². The standard InChI is InChI=1S/C16H19N3O2S/c20-15(9-13-22-14-6-2-1-3-7-14)17-10-5-12-19-16(21)8-4-11-18-19/h1-4,6-8,11H,5,9-10,12-13H2,(H,17,20). The van der Waals surface area contributed by atoms with Gasteiger partial charge < -0.3 is 5.32 Å². The first-order valence-corrected chi connectivity index (χ1v) is 8.21. The van der Waals surface area contributed by atoms with Crippen LogP contribution in [0.4, 0.5) is 0 Å². The topological polar surface area (TPSA) is 64.0 Å². The number of carbonyl (C=O) groups is 1. The second-order valence-corrected chi connectivity index (χ2v) is 5.87. The third-order valence-electron chi connectivity index (χ3n) is 3.00. The van der Waals surface area contributed by atoms with Crippen molar-refractivity contribution >= 4 is 17.7 Å². The van der Waals surface area contributed by atoms with Crippen LogP contribution in [0.25, 0.3) is 0 Å². The molecule has 0 aliphatic carbocycles. The van der Waals surface area contributed by atoms with Gasteiger partial charge in [0, 0.05) is 42.4 Å². The lowest BCUT2D eigenvalue weighted by molar-refractivity contribution is -0.120. The molecule has 22 heavy (non-hydrogen) atoms. The minimum atomic E-state index is -0.118. The van der Waals surface area contributed by atoms with Crippen LogP contribution in [0.2, 0.25) is 0 Å². The molecule has 0 unspecified atom stereocenters. The molecule has 1 N–H and O–H groups in total. The molecule has 1 aromatic carbocycles. The number of hydrogen-bond donors (Lipinski definition) is 1. The van der Waals surface area contributed by atoms with Gasteiger partial charge in [-0.25, -0.2) is 4.68 Å². The van der Waals surface area contributed by atoms with Crippen LogP contribution in [0.3, 0.4) is 0 Å². The summed E-state index contributed by atoms with van der Waals surface area (Å²) in [6, 6.07) is 13.1. The second-order valence-electron chi connectivity index (χ2n) is 4.70. The van der Waals surface area contributed by atoms with E-state index >= 15 is 0 Å². The van der Waals surface area contributed by atoms with Gasteiger partial charge in [0.2, 0.25) is 5.91 Å². The Balaban J connectivity index is 1.58. The molecule has 1 aromatic heterocycles. The molecule has 0 aliphatic heterocycles. The number of rotatable bonds is 8. The Kier molecular flexibility index (Phi) is 6.70. The van der Waals surface area contributed by atoms with Gasteiger partial charge in [-0.3, -0.25) is 9.59 Å². The fourth-order valence-corrected chi connectivity index (χ4v) is 2.75. The van der Waals surface area contributed by atoms with E-state index in [1.54, 1.807) is 24.0 Å². The molecule has 0 saturated heterocycles. The molecule has 1 heterocycles. The second kappa shape index (κ2) is 9.04. The van der Waals surface area contributed by atoms with Crippen LogP contribution in [-0.2, 0) is 11.3 Å². The number of benzene rings is 1. The van der Waals surface area contributed by atoms with Gasteiger partial charge in [-0.2, -0.15) is 5.10 Å². The SMILES string of the molecule is O=C(CCSc1ccccc1)NCCCn1ncccc1=O. The number of aromatic nitrogens is 2. The van der Waals surface area contributed by atoms with E-state index < -0.39 is 0 Å². The van der Waals surface area contributed by atoms with E-state index in [0.717, 1.165) is 5.75 Å². The van der Waals surface area contributed by atoms with E-state index in [4.69, 9.17) is 0 Å². The van der Waals surface area contributed by atoms with Crippen LogP contribution in [0, 0.1) is 0 Å². The molecular weight excluding hydrogens is 298 g/mol. The minimum Gasteiger partial charge on any atom is -0.356 e. The number of aryl methyl sites for hydroxylation is 1. The van der Waals surface area contributed by atoms with Crippen LogP contribution >= 0.6 is 11.8 Å². The average molecular weight is 317 g/mol. The lowest BCUT2D eigenvalue weighted by Crippen LogP contribution is -2.27. The summed E-state index contributed by atoms with van der Waals surface area (Å²) in [5.41, 5.74) is -0.118. The Morgan fingerprint density at radius 1 is 1.18 bits per heavy atom. The van der Waals surface area contributed by atoms with Crippen LogP contribution in [0.15, 0.2) is 58.4 Å². The highest BCUT2D eigenvalue weighted by Gasteiger charge is 2.02. The third kappa shape index (κ3) is 5.73. The van der Waals surface area contributed by atoms with E-state index in [2.05, 4.69) is 10.4 Å². The van der Waals surface area contributed by atoms with Crippen LogP contribution in [-0.4, -0.2) is 28.0 Å². The molecular formula is C16H19N3O2S. The normalized spacial score (nSPS) is 10.4. The fourth-order valence-electron chi connectivity index (χ4n) is 1.88. The van der Waals surface area contributed by atoms with Gasteiger partial charge in [0.25, 0.3) is 5.56 Å². The summed E-state index contributed by atoms with van der Waals surface area (Å²) in [5.74, 6) is 0.798. The summed E-state index contributed by atoms with van der Waals surface area (Å²) < 4.78 is 1.40. The zero-order valence-electron chi connectivity index (χ0n) is 12.3. The smallest absolute Gasteiger partial charge is 0.266 e. The average Bonchev–Trinajstić information content (AvgIpc) is 2.54. The highest BCUT2D eigenvalue weighted by molar-refractivity contribution is 7.99. The molecule has 2 aromatic rings. The maximum atomic E-state index is 11.7. The maximum absolute atomic E-state index is 11.7. The number of nitrogens with zero attached hydrogens (tertiary/aromatic N) is 2. The largest absolute Gasteiger partial charge is 0.356 e. The lowest BCUT2D eigenvalue weighted by Gasteiger charge is -2.06. The highest BCUT2D eigenvalue weighted by atomic mass is 32.2. The zero-order chi connectivity index (χ0) is 15.6. The van der Waals surface area contributed by atoms with Gasteiger partial charge in [-0.15, -0.1) is 11.8 Å². The highest BCUT2D eigenvalue weighted by Crippen LogP contribution is 2.17. The number of amides is 1. The van der Waals surface area contributed by atoms with Crippen molar-refractivity contribution in [3.63, 3.8) is 0 Å². The first-order chi connectivity index (χ1) is 10.8. The first kappa shape index (κ1) is 16.3. The quantitative estimate of drug-likeness (QED) is 0.597. The molecule has 0 radical (unpaired) electrons. The summed E-state index contributed by atoms with van der Waals surface area (Å²) in [6.45, 7) is 1.07. The van der Waals surface area contributed by atoms with Crippen molar-refractivity contribution in [3.05, 3.63) is 59.0 Å². The van der Waals surface area contributed by atoms with Gasteiger partial charge in [0.05, 0.1) is 0 Å². The molecule has 0 saturated carbocycles. The molecule has 0 bridgehead atoms. The molecule has 0 atom stereocenters. The molecule has 0 fully saturated rings.